The van der Waals surface area contributed by atoms with E-state index in [9.17, 15) is 0 Å². The molecule has 16 heavy (non-hydrogen) atoms. The van der Waals surface area contributed by atoms with Gasteiger partial charge in [0.25, 0.3) is 0 Å². The third kappa shape index (κ3) is 2.76. The number of hydrogen-bond donors (Lipinski definition) is 1. The molecular formula is C13H26N2O. The largest absolute Gasteiger partial charge is 0.381 e. The van der Waals surface area contributed by atoms with Gasteiger partial charge in [-0.1, -0.05) is 6.92 Å². The fraction of sp³-hybridized carbons (Fsp3) is 1.00. The molecule has 0 radical (unpaired) electrons. The summed E-state index contributed by atoms with van der Waals surface area (Å²) in [6.07, 6.45) is 2.48. The second-order valence-electron chi connectivity index (χ2n) is 5.93. The van der Waals surface area contributed by atoms with Gasteiger partial charge in [0.1, 0.15) is 0 Å². The zero-order valence-corrected chi connectivity index (χ0v) is 11.0. The lowest BCUT2D eigenvalue weighted by Gasteiger charge is -2.47. The minimum atomic E-state index is 0.300. The molecule has 0 saturated carbocycles. The zero-order chi connectivity index (χ0) is 11.6. The minimum absolute atomic E-state index is 0.300. The highest BCUT2D eigenvalue weighted by atomic mass is 16.5. The van der Waals surface area contributed by atoms with Crippen LogP contribution in [0.25, 0.3) is 0 Å². The molecule has 94 valence electrons. The Morgan fingerprint density at radius 1 is 1.44 bits per heavy atom. The maximum Gasteiger partial charge on any atom is 0.0507 e. The van der Waals surface area contributed by atoms with E-state index in [-0.39, 0.29) is 0 Å². The van der Waals surface area contributed by atoms with Crippen molar-refractivity contribution >= 4 is 0 Å². The number of nitrogens with zero attached hydrogens (tertiary/aromatic N) is 1. The lowest BCUT2D eigenvalue weighted by Crippen LogP contribution is -2.62. The second-order valence-corrected chi connectivity index (χ2v) is 5.93. The van der Waals surface area contributed by atoms with E-state index >= 15 is 0 Å². The van der Waals surface area contributed by atoms with Gasteiger partial charge in [-0.15, -0.1) is 0 Å². The molecule has 2 unspecified atom stereocenters. The van der Waals surface area contributed by atoms with Crippen molar-refractivity contribution in [1.29, 1.82) is 0 Å². The van der Waals surface area contributed by atoms with E-state index < -0.39 is 0 Å². The summed E-state index contributed by atoms with van der Waals surface area (Å²) in [6, 6.07) is 0.676. The molecule has 0 aromatic heterocycles. The van der Waals surface area contributed by atoms with Crippen molar-refractivity contribution in [2.75, 3.05) is 32.8 Å². The molecule has 2 heterocycles. The molecule has 2 aliphatic heterocycles. The highest BCUT2D eigenvalue weighted by Gasteiger charge is 2.34. The fourth-order valence-corrected chi connectivity index (χ4v) is 2.72. The molecule has 2 saturated heterocycles. The van der Waals surface area contributed by atoms with E-state index in [1.54, 1.807) is 0 Å². The van der Waals surface area contributed by atoms with Crippen LogP contribution in [0.4, 0.5) is 0 Å². The third-order valence-corrected chi connectivity index (χ3v) is 4.12. The standard InChI is InChI=1S/C13H26N2O/c1-4-12-8-15(13(2,3)10-14-12)7-11-5-6-16-9-11/h11-12,14H,4-10H2,1-3H3. The number of hydrogen-bond acceptors (Lipinski definition) is 3. The molecule has 0 aromatic rings. The lowest BCUT2D eigenvalue weighted by atomic mass is 9.94. The average Bonchev–Trinajstić information content (AvgIpc) is 2.74. The molecule has 1 N–H and O–H groups in total. The summed E-state index contributed by atoms with van der Waals surface area (Å²) < 4.78 is 5.48. The van der Waals surface area contributed by atoms with Crippen LogP contribution >= 0.6 is 0 Å². The monoisotopic (exact) mass is 226 g/mol. The molecule has 0 aromatic carbocycles. The number of nitrogens with one attached hydrogen (secondary N) is 1. The molecule has 2 fully saturated rings. The van der Waals surface area contributed by atoms with Crippen LogP contribution in [0.3, 0.4) is 0 Å². The molecule has 2 atom stereocenters. The first kappa shape index (κ1) is 12.3. The Balaban J connectivity index is 1.92. The molecule has 3 nitrogen and oxygen atoms in total. The van der Waals surface area contributed by atoms with Crippen LogP contribution in [0.2, 0.25) is 0 Å². The van der Waals surface area contributed by atoms with Gasteiger partial charge < -0.3 is 10.1 Å². The first-order valence-electron chi connectivity index (χ1n) is 6.68. The summed E-state index contributed by atoms with van der Waals surface area (Å²) in [4.78, 5) is 2.66. The first-order chi connectivity index (χ1) is 7.62. The second kappa shape index (κ2) is 5.03. The summed E-state index contributed by atoms with van der Waals surface area (Å²) >= 11 is 0. The van der Waals surface area contributed by atoms with Crippen LogP contribution in [0.5, 0.6) is 0 Å². The maximum atomic E-state index is 5.48. The predicted molar refractivity (Wildman–Crippen MR) is 66.7 cm³/mol. The van der Waals surface area contributed by atoms with Gasteiger partial charge in [0.05, 0.1) is 6.61 Å². The van der Waals surface area contributed by atoms with Crippen molar-refractivity contribution in [1.82, 2.24) is 10.2 Å². The third-order valence-electron chi connectivity index (χ3n) is 4.12. The van der Waals surface area contributed by atoms with Crippen LogP contribution in [0.15, 0.2) is 0 Å². The van der Waals surface area contributed by atoms with Gasteiger partial charge >= 0.3 is 0 Å². The normalized spacial score (nSPS) is 35.4. The van der Waals surface area contributed by atoms with Crippen molar-refractivity contribution in [3.63, 3.8) is 0 Å². The van der Waals surface area contributed by atoms with Gasteiger partial charge in [0.15, 0.2) is 0 Å². The van der Waals surface area contributed by atoms with Gasteiger partial charge in [0, 0.05) is 37.8 Å². The fourth-order valence-electron chi connectivity index (χ4n) is 2.72. The van der Waals surface area contributed by atoms with Crippen LogP contribution in [-0.2, 0) is 4.74 Å². The summed E-state index contributed by atoms with van der Waals surface area (Å²) in [6.45, 7) is 12.4. The van der Waals surface area contributed by atoms with E-state index in [4.69, 9.17) is 4.74 Å². The number of piperazine rings is 1. The Morgan fingerprint density at radius 3 is 2.88 bits per heavy atom. The number of rotatable bonds is 3. The van der Waals surface area contributed by atoms with E-state index in [1.807, 2.05) is 0 Å². The topological polar surface area (TPSA) is 24.5 Å². The minimum Gasteiger partial charge on any atom is -0.381 e. The molecule has 3 heteroatoms. The highest BCUT2D eigenvalue weighted by Crippen LogP contribution is 2.23. The van der Waals surface area contributed by atoms with Gasteiger partial charge in [-0.25, -0.2) is 0 Å². The molecule has 0 aliphatic carbocycles. The van der Waals surface area contributed by atoms with Crippen molar-refractivity contribution in [3.05, 3.63) is 0 Å². The van der Waals surface area contributed by atoms with E-state index in [0.29, 0.717) is 11.6 Å². The SMILES string of the molecule is CCC1CN(CC2CCOC2)C(C)(C)CN1. The van der Waals surface area contributed by atoms with Gasteiger partial charge in [-0.2, -0.15) is 0 Å². The Labute approximate surface area is 99.5 Å². The van der Waals surface area contributed by atoms with Crippen LogP contribution < -0.4 is 5.32 Å². The smallest absolute Gasteiger partial charge is 0.0507 e. The molecule has 0 bridgehead atoms. The Morgan fingerprint density at radius 2 is 2.25 bits per heavy atom. The summed E-state index contributed by atoms with van der Waals surface area (Å²) in [5, 5.41) is 3.64. The Bertz CT molecular complexity index is 224. The number of ether oxygens (including phenoxy) is 1. The Kier molecular flexibility index (Phi) is 3.88. The van der Waals surface area contributed by atoms with Gasteiger partial charge in [0.2, 0.25) is 0 Å². The maximum absolute atomic E-state index is 5.48. The van der Waals surface area contributed by atoms with Crippen molar-refractivity contribution in [3.8, 4) is 0 Å². The summed E-state index contributed by atoms with van der Waals surface area (Å²) in [7, 11) is 0. The lowest BCUT2D eigenvalue weighted by molar-refractivity contribution is 0.0471. The average molecular weight is 226 g/mol. The van der Waals surface area contributed by atoms with Crippen LogP contribution in [0.1, 0.15) is 33.6 Å². The van der Waals surface area contributed by atoms with Crippen molar-refractivity contribution in [2.45, 2.75) is 45.2 Å². The van der Waals surface area contributed by atoms with Crippen LogP contribution in [-0.4, -0.2) is 49.3 Å². The molecule has 0 amide bonds. The van der Waals surface area contributed by atoms with Crippen molar-refractivity contribution < 1.29 is 4.74 Å². The molecule has 2 aliphatic rings. The molecule has 0 spiro atoms. The predicted octanol–water partition coefficient (Wildman–Crippen LogP) is 1.49. The van der Waals surface area contributed by atoms with E-state index in [2.05, 4.69) is 31.0 Å². The van der Waals surface area contributed by atoms with E-state index in [1.165, 1.54) is 25.9 Å². The highest BCUT2D eigenvalue weighted by molar-refractivity contribution is 4.93. The first-order valence-corrected chi connectivity index (χ1v) is 6.68. The quantitative estimate of drug-likeness (QED) is 0.789. The van der Waals surface area contributed by atoms with Crippen LogP contribution in [0, 0.1) is 5.92 Å². The molecule has 2 rings (SSSR count). The molecular weight excluding hydrogens is 200 g/mol. The van der Waals surface area contributed by atoms with E-state index in [0.717, 1.165) is 25.7 Å². The zero-order valence-electron chi connectivity index (χ0n) is 11.0. The van der Waals surface area contributed by atoms with Crippen molar-refractivity contribution in [2.24, 2.45) is 5.92 Å². The summed E-state index contributed by atoms with van der Waals surface area (Å²) in [5.41, 5.74) is 0.300. The van der Waals surface area contributed by atoms with Gasteiger partial charge in [-0.3, -0.25) is 4.90 Å². The Hall–Kier alpha value is -0.120. The van der Waals surface area contributed by atoms with Gasteiger partial charge in [-0.05, 0) is 32.6 Å². The summed E-state index contributed by atoms with van der Waals surface area (Å²) in [5.74, 6) is 0.759.